The monoisotopic (exact) mass is 286 g/mol. The van der Waals surface area contributed by atoms with Crippen LogP contribution in [0.4, 0.5) is 5.82 Å². The summed E-state index contributed by atoms with van der Waals surface area (Å²) in [4.78, 5) is 17.2. The van der Waals surface area contributed by atoms with E-state index < -0.39 is 5.60 Å². The van der Waals surface area contributed by atoms with Crippen LogP contribution in [-0.4, -0.2) is 21.6 Å². The number of hydrogen-bond donors (Lipinski definition) is 2. The van der Waals surface area contributed by atoms with Gasteiger partial charge in [-0.05, 0) is 69.4 Å². The molecule has 4 saturated carbocycles. The van der Waals surface area contributed by atoms with Crippen LogP contribution in [-0.2, 0) is 4.79 Å². The maximum absolute atomic E-state index is 12.9. The van der Waals surface area contributed by atoms with Gasteiger partial charge < -0.3 is 10.4 Å². The van der Waals surface area contributed by atoms with Gasteiger partial charge in [0.2, 0.25) is 5.91 Å². The molecule has 2 atom stereocenters. The molecule has 4 aliphatic rings. The minimum Gasteiger partial charge on any atom is -0.390 e. The van der Waals surface area contributed by atoms with Crippen LogP contribution >= 0.6 is 0 Å². The first-order valence-electron chi connectivity index (χ1n) is 7.94. The third-order valence-corrected chi connectivity index (χ3v) is 5.64. The van der Waals surface area contributed by atoms with Crippen molar-refractivity contribution in [1.29, 1.82) is 0 Å². The van der Waals surface area contributed by atoms with Crippen LogP contribution in [0.15, 0.2) is 18.2 Å². The third-order valence-electron chi connectivity index (χ3n) is 5.64. The van der Waals surface area contributed by atoms with Crippen LogP contribution in [0.1, 0.15) is 44.2 Å². The van der Waals surface area contributed by atoms with E-state index in [1.165, 1.54) is 6.42 Å². The van der Waals surface area contributed by atoms with E-state index in [2.05, 4.69) is 10.3 Å². The van der Waals surface area contributed by atoms with Crippen LogP contribution < -0.4 is 5.32 Å². The highest BCUT2D eigenvalue weighted by molar-refractivity contribution is 5.95. The van der Waals surface area contributed by atoms with Crippen molar-refractivity contribution in [2.24, 2.45) is 17.3 Å². The van der Waals surface area contributed by atoms with Gasteiger partial charge in [-0.15, -0.1) is 0 Å². The molecule has 1 heterocycles. The smallest absolute Gasteiger partial charge is 0.231 e. The quantitative estimate of drug-likeness (QED) is 0.878. The first-order chi connectivity index (χ1) is 9.96. The largest absolute Gasteiger partial charge is 0.390 e. The zero-order valence-corrected chi connectivity index (χ0v) is 12.4. The maximum Gasteiger partial charge on any atom is 0.231 e. The molecule has 1 amide bonds. The van der Waals surface area contributed by atoms with Crippen LogP contribution in [0, 0.1) is 24.2 Å². The van der Waals surface area contributed by atoms with Gasteiger partial charge in [-0.1, -0.05) is 6.07 Å². The maximum atomic E-state index is 12.9. The van der Waals surface area contributed by atoms with E-state index in [0.29, 0.717) is 24.1 Å². The van der Waals surface area contributed by atoms with Gasteiger partial charge in [0.05, 0.1) is 11.0 Å². The lowest BCUT2D eigenvalue weighted by Gasteiger charge is -2.59. The molecule has 2 N–H and O–H groups in total. The summed E-state index contributed by atoms with van der Waals surface area (Å²) in [6.07, 6.45) is 5.47. The summed E-state index contributed by atoms with van der Waals surface area (Å²) >= 11 is 0. The average Bonchev–Trinajstić information content (AvgIpc) is 2.35. The van der Waals surface area contributed by atoms with E-state index in [4.69, 9.17) is 0 Å². The van der Waals surface area contributed by atoms with E-state index in [9.17, 15) is 9.90 Å². The summed E-state index contributed by atoms with van der Waals surface area (Å²) in [5.41, 5.74) is -0.0666. The normalized spacial score (nSPS) is 40.3. The number of anilines is 1. The summed E-state index contributed by atoms with van der Waals surface area (Å²) in [6, 6.07) is 5.66. The molecule has 4 nitrogen and oxygen atoms in total. The lowest BCUT2D eigenvalue weighted by Crippen LogP contribution is -2.59. The number of nitrogens with zero attached hydrogens (tertiary/aromatic N) is 1. The number of carbonyl (C=O) groups excluding carboxylic acids is 1. The molecular formula is C17H22N2O2. The number of amides is 1. The Morgan fingerprint density at radius 1 is 1.29 bits per heavy atom. The van der Waals surface area contributed by atoms with Crippen LogP contribution in [0.3, 0.4) is 0 Å². The van der Waals surface area contributed by atoms with Gasteiger partial charge in [0.15, 0.2) is 0 Å². The summed E-state index contributed by atoms with van der Waals surface area (Å²) in [7, 11) is 0. The Hall–Kier alpha value is -1.42. The molecule has 4 fully saturated rings. The van der Waals surface area contributed by atoms with Crippen LogP contribution in [0.2, 0.25) is 0 Å². The second-order valence-corrected chi connectivity index (χ2v) is 7.58. The molecule has 0 radical (unpaired) electrons. The van der Waals surface area contributed by atoms with Crippen molar-refractivity contribution in [1.82, 2.24) is 4.98 Å². The van der Waals surface area contributed by atoms with Gasteiger partial charge in [-0.3, -0.25) is 4.79 Å². The zero-order chi connectivity index (χ0) is 14.7. The molecular weight excluding hydrogens is 264 g/mol. The molecule has 4 bridgehead atoms. The van der Waals surface area contributed by atoms with Gasteiger partial charge >= 0.3 is 0 Å². The van der Waals surface area contributed by atoms with E-state index >= 15 is 0 Å². The highest BCUT2D eigenvalue weighted by Gasteiger charge is 2.60. The van der Waals surface area contributed by atoms with Gasteiger partial charge in [-0.2, -0.15) is 0 Å². The fourth-order valence-electron chi connectivity index (χ4n) is 5.34. The van der Waals surface area contributed by atoms with Crippen molar-refractivity contribution in [3.05, 3.63) is 23.9 Å². The van der Waals surface area contributed by atoms with Crippen LogP contribution in [0.5, 0.6) is 0 Å². The Bertz CT molecular complexity index is 584. The molecule has 0 spiro atoms. The molecule has 5 rings (SSSR count). The summed E-state index contributed by atoms with van der Waals surface area (Å²) in [6.45, 7) is 1.92. The molecule has 4 heteroatoms. The first-order valence-corrected chi connectivity index (χ1v) is 7.94. The zero-order valence-electron chi connectivity index (χ0n) is 12.4. The van der Waals surface area contributed by atoms with Crippen molar-refractivity contribution in [3.8, 4) is 0 Å². The van der Waals surface area contributed by atoms with Crippen LogP contribution in [0.25, 0.3) is 0 Å². The van der Waals surface area contributed by atoms with Gasteiger partial charge in [-0.25, -0.2) is 4.98 Å². The Labute approximate surface area is 125 Å². The number of rotatable bonds is 2. The highest BCUT2D eigenvalue weighted by atomic mass is 16.3. The minimum absolute atomic E-state index is 0.0631. The number of pyridine rings is 1. The molecule has 0 saturated heterocycles. The average molecular weight is 286 g/mol. The number of nitrogens with one attached hydrogen (secondary N) is 1. The predicted octanol–water partition coefficient (Wildman–Crippen LogP) is 2.66. The molecule has 1 aromatic heterocycles. The molecule has 4 aliphatic carbocycles. The van der Waals surface area contributed by atoms with E-state index in [-0.39, 0.29) is 11.3 Å². The Morgan fingerprint density at radius 2 is 2.00 bits per heavy atom. The number of aromatic nitrogens is 1. The molecule has 112 valence electrons. The fraction of sp³-hybridized carbons (Fsp3) is 0.647. The summed E-state index contributed by atoms with van der Waals surface area (Å²) in [5, 5.41) is 13.7. The highest BCUT2D eigenvalue weighted by Crippen LogP contribution is 2.61. The van der Waals surface area contributed by atoms with E-state index in [0.717, 1.165) is 31.4 Å². The van der Waals surface area contributed by atoms with Crippen molar-refractivity contribution in [3.63, 3.8) is 0 Å². The summed E-state index contributed by atoms with van der Waals surface area (Å²) < 4.78 is 0. The van der Waals surface area contributed by atoms with Gasteiger partial charge in [0.25, 0.3) is 0 Å². The Kier molecular flexibility index (Phi) is 2.71. The van der Waals surface area contributed by atoms with Crippen molar-refractivity contribution >= 4 is 11.7 Å². The van der Waals surface area contributed by atoms with E-state index in [1.54, 1.807) is 0 Å². The molecule has 1 aromatic rings. The topological polar surface area (TPSA) is 62.2 Å². The van der Waals surface area contributed by atoms with Gasteiger partial charge in [0.1, 0.15) is 5.82 Å². The van der Waals surface area contributed by atoms with Crippen molar-refractivity contribution < 1.29 is 9.90 Å². The standard InChI is InChI=1S/C17H22N2O2/c1-11-3-2-4-14(18-11)19-15(20)16-6-12-5-13(7-16)9-17(21,8-12)10-16/h2-4,12-13,21H,5-10H2,1H3,(H,18,19,20)/t12-,13-,16?,17?/m1/s1. The first kappa shape index (κ1) is 13.3. The molecule has 0 aromatic carbocycles. The number of hydrogen-bond acceptors (Lipinski definition) is 3. The van der Waals surface area contributed by atoms with Crippen molar-refractivity contribution in [2.75, 3.05) is 5.32 Å². The second-order valence-electron chi connectivity index (χ2n) is 7.58. The Morgan fingerprint density at radius 3 is 2.62 bits per heavy atom. The molecule has 0 aliphatic heterocycles. The van der Waals surface area contributed by atoms with Crippen molar-refractivity contribution in [2.45, 2.75) is 51.0 Å². The summed E-state index contributed by atoms with van der Waals surface area (Å²) in [5.74, 6) is 1.73. The predicted molar refractivity (Wildman–Crippen MR) is 79.7 cm³/mol. The number of carbonyl (C=O) groups is 1. The Balaban J connectivity index is 1.59. The lowest BCUT2D eigenvalue weighted by atomic mass is 9.47. The second kappa shape index (κ2) is 4.29. The molecule has 0 unspecified atom stereocenters. The fourth-order valence-corrected chi connectivity index (χ4v) is 5.34. The third kappa shape index (κ3) is 2.16. The van der Waals surface area contributed by atoms with E-state index in [1.807, 2.05) is 25.1 Å². The minimum atomic E-state index is -0.596. The lowest BCUT2D eigenvalue weighted by molar-refractivity contribution is -0.174. The SMILES string of the molecule is Cc1cccc(NC(=O)C23C[C@H]4C[C@@H](CC(O)(C4)C2)C3)n1. The van der Waals surface area contributed by atoms with Gasteiger partial charge in [0, 0.05) is 5.69 Å². The molecule has 21 heavy (non-hydrogen) atoms. The number of aryl methyl sites for hydroxylation is 1. The number of aliphatic hydroxyl groups is 1.